The molecule has 0 aliphatic heterocycles. The molecule has 0 radical (unpaired) electrons. The zero-order chi connectivity index (χ0) is 14.4. The SMILES string of the molecule is C[C@@H]1CCCC[C@@H]1NC(=O)/C(C#N)=C/c1ccccc1. The van der Waals surface area contributed by atoms with Crippen molar-refractivity contribution in [2.75, 3.05) is 0 Å². The number of amides is 1. The Balaban J connectivity index is 2.06. The third-order valence-electron chi connectivity index (χ3n) is 3.90. The molecule has 20 heavy (non-hydrogen) atoms. The average Bonchev–Trinajstić information content (AvgIpc) is 2.48. The first kappa shape index (κ1) is 14.3. The summed E-state index contributed by atoms with van der Waals surface area (Å²) >= 11 is 0. The second-order valence-electron chi connectivity index (χ2n) is 5.42. The van der Waals surface area contributed by atoms with Gasteiger partial charge in [-0.15, -0.1) is 0 Å². The molecule has 0 aromatic heterocycles. The zero-order valence-corrected chi connectivity index (χ0v) is 11.8. The first-order chi connectivity index (χ1) is 9.70. The fourth-order valence-electron chi connectivity index (χ4n) is 2.64. The van der Waals surface area contributed by atoms with Crippen molar-refractivity contribution in [1.82, 2.24) is 5.32 Å². The van der Waals surface area contributed by atoms with Gasteiger partial charge >= 0.3 is 0 Å². The fourth-order valence-corrected chi connectivity index (χ4v) is 2.64. The molecule has 104 valence electrons. The largest absolute Gasteiger partial charge is 0.348 e. The zero-order valence-electron chi connectivity index (χ0n) is 11.8. The molecular formula is C17H20N2O. The van der Waals surface area contributed by atoms with Gasteiger partial charge in [0.05, 0.1) is 0 Å². The minimum atomic E-state index is -0.255. The minimum absolute atomic E-state index is 0.175. The highest BCUT2D eigenvalue weighted by Gasteiger charge is 2.23. The molecule has 0 heterocycles. The van der Waals surface area contributed by atoms with E-state index < -0.39 is 0 Å². The van der Waals surface area contributed by atoms with E-state index in [1.807, 2.05) is 36.4 Å². The van der Waals surface area contributed by atoms with Crippen molar-refractivity contribution >= 4 is 12.0 Å². The Bertz CT molecular complexity index is 528. The predicted molar refractivity (Wildman–Crippen MR) is 79.6 cm³/mol. The summed E-state index contributed by atoms with van der Waals surface area (Å²) in [6.45, 7) is 2.16. The molecule has 0 bridgehead atoms. The Hall–Kier alpha value is -2.08. The molecular weight excluding hydrogens is 248 g/mol. The van der Waals surface area contributed by atoms with E-state index in [1.54, 1.807) is 6.08 Å². The van der Waals surface area contributed by atoms with Crippen molar-refractivity contribution in [3.05, 3.63) is 41.5 Å². The van der Waals surface area contributed by atoms with Crippen LogP contribution in [-0.4, -0.2) is 11.9 Å². The van der Waals surface area contributed by atoms with Crippen LogP contribution in [0.15, 0.2) is 35.9 Å². The van der Waals surface area contributed by atoms with Crippen LogP contribution in [0.2, 0.25) is 0 Å². The van der Waals surface area contributed by atoms with E-state index in [2.05, 4.69) is 12.2 Å². The van der Waals surface area contributed by atoms with E-state index in [4.69, 9.17) is 0 Å². The van der Waals surface area contributed by atoms with Crippen molar-refractivity contribution in [2.24, 2.45) is 5.92 Å². The number of carbonyl (C=O) groups is 1. The molecule has 2 rings (SSSR count). The van der Waals surface area contributed by atoms with Gasteiger partial charge in [0.2, 0.25) is 0 Å². The number of hydrogen-bond acceptors (Lipinski definition) is 2. The first-order valence-corrected chi connectivity index (χ1v) is 7.18. The number of hydrogen-bond donors (Lipinski definition) is 1. The maximum atomic E-state index is 12.2. The molecule has 1 amide bonds. The van der Waals surface area contributed by atoms with Crippen LogP contribution in [0.4, 0.5) is 0 Å². The standard InChI is InChI=1S/C17H20N2O/c1-13-7-5-6-10-16(13)19-17(20)15(12-18)11-14-8-3-2-4-9-14/h2-4,8-9,11,13,16H,5-7,10H2,1H3,(H,19,20)/b15-11+/t13-,16+/m1/s1. The van der Waals surface area contributed by atoms with Gasteiger partial charge in [0.1, 0.15) is 11.6 Å². The Morgan fingerprint density at radius 2 is 2.00 bits per heavy atom. The molecule has 1 fully saturated rings. The molecule has 3 heteroatoms. The van der Waals surface area contributed by atoms with E-state index in [0.29, 0.717) is 5.92 Å². The predicted octanol–water partition coefficient (Wildman–Crippen LogP) is 3.29. The number of nitrogens with one attached hydrogen (secondary N) is 1. The van der Waals surface area contributed by atoms with Crippen molar-refractivity contribution in [2.45, 2.75) is 38.6 Å². The second-order valence-corrected chi connectivity index (χ2v) is 5.42. The van der Waals surface area contributed by atoms with Crippen LogP contribution in [0.1, 0.15) is 38.2 Å². The second kappa shape index (κ2) is 6.91. The summed E-state index contributed by atoms with van der Waals surface area (Å²) in [7, 11) is 0. The molecule has 1 aromatic carbocycles. The van der Waals surface area contributed by atoms with Crippen LogP contribution in [-0.2, 0) is 4.79 Å². The number of carbonyl (C=O) groups excluding carboxylic acids is 1. The van der Waals surface area contributed by atoms with Crippen molar-refractivity contribution in [3.63, 3.8) is 0 Å². The minimum Gasteiger partial charge on any atom is -0.348 e. The van der Waals surface area contributed by atoms with E-state index in [0.717, 1.165) is 24.8 Å². The summed E-state index contributed by atoms with van der Waals surface area (Å²) < 4.78 is 0. The van der Waals surface area contributed by atoms with Crippen LogP contribution >= 0.6 is 0 Å². The maximum absolute atomic E-state index is 12.2. The van der Waals surface area contributed by atoms with Crippen molar-refractivity contribution in [1.29, 1.82) is 5.26 Å². The molecule has 1 aromatic rings. The molecule has 0 saturated heterocycles. The molecule has 1 aliphatic rings. The van der Waals surface area contributed by atoms with E-state index in [1.165, 1.54) is 6.42 Å². The van der Waals surface area contributed by atoms with Gasteiger partial charge in [-0.05, 0) is 30.4 Å². The average molecular weight is 268 g/mol. The van der Waals surface area contributed by atoms with Gasteiger partial charge < -0.3 is 5.32 Å². The number of rotatable bonds is 3. The maximum Gasteiger partial charge on any atom is 0.262 e. The molecule has 3 nitrogen and oxygen atoms in total. The third-order valence-corrected chi connectivity index (χ3v) is 3.90. The molecule has 1 N–H and O–H groups in total. The Kier molecular flexibility index (Phi) is 4.95. The lowest BCUT2D eigenvalue weighted by molar-refractivity contribution is -0.118. The monoisotopic (exact) mass is 268 g/mol. The van der Waals surface area contributed by atoms with Crippen LogP contribution in [0.25, 0.3) is 6.08 Å². The number of nitriles is 1. The van der Waals surface area contributed by atoms with Gasteiger partial charge in [-0.3, -0.25) is 4.79 Å². The molecule has 2 atom stereocenters. The first-order valence-electron chi connectivity index (χ1n) is 7.18. The highest BCUT2D eigenvalue weighted by molar-refractivity contribution is 6.01. The normalized spacial score (nSPS) is 22.9. The van der Waals surface area contributed by atoms with Crippen LogP contribution in [0.3, 0.4) is 0 Å². The summed E-state index contributed by atoms with van der Waals surface area (Å²) in [6.07, 6.45) is 6.19. The fraction of sp³-hybridized carbons (Fsp3) is 0.412. The molecule has 1 aliphatic carbocycles. The highest BCUT2D eigenvalue weighted by atomic mass is 16.1. The van der Waals surface area contributed by atoms with Crippen LogP contribution in [0.5, 0.6) is 0 Å². The summed E-state index contributed by atoms with van der Waals surface area (Å²) in [6, 6.07) is 11.7. The van der Waals surface area contributed by atoms with Gasteiger partial charge in [-0.25, -0.2) is 0 Å². The molecule has 0 unspecified atom stereocenters. The quantitative estimate of drug-likeness (QED) is 0.675. The van der Waals surface area contributed by atoms with Crippen LogP contribution in [0, 0.1) is 17.2 Å². The highest BCUT2D eigenvalue weighted by Crippen LogP contribution is 2.24. The Morgan fingerprint density at radius 3 is 2.65 bits per heavy atom. The summed E-state index contributed by atoms with van der Waals surface area (Å²) in [5.74, 6) is 0.236. The topological polar surface area (TPSA) is 52.9 Å². The molecule has 0 spiro atoms. The summed E-state index contributed by atoms with van der Waals surface area (Å²) in [5, 5.41) is 12.2. The number of benzene rings is 1. The van der Waals surface area contributed by atoms with Crippen molar-refractivity contribution < 1.29 is 4.79 Å². The molecule has 1 saturated carbocycles. The van der Waals surface area contributed by atoms with Crippen LogP contribution < -0.4 is 5.32 Å². The lowest BCUT2D eigenvalue weighted by atomic mass is 9.86. The van der Waals surface area contributed by atoms with E-state index in [9.17, 15) is 10.1 Å². The van der Waals surface area contributed by atoms with E-state index in [-0.39, 0.29) is 17.5 Å². The third kappa shape index (κ3) is 3.71. The Morgan fingerprint density at radius 1 is 1.30 bits per heavy atom. The van der Waals surface area contributed by atoms with Gasteiger partial charge in [0, 0.05) is 6.04 Å². The number of nitrogens with zero attached hydrogens (tertiary/aromatic N) is 1. The van der Waals surface area contributed by atoms with Gasteiger partial charge in [-0.1, -0.05) is 50.1 Å². The lowest BCUT2D eigenvalue weighted by Crippen LogP contribution is -2.41. The van der Waals surface area contributed by atoms with Gasteiger partial charge in [-0.2, -0.15) is 5.26 Å². The smallest absolute Gasteiger partial charge is 0.262 e. The summed E-state index contributed by atoms with van der Waals surface area (Å²) in [4.78, 5) is 12.2. The van der Waals surface area contributed by atoms with Gasteiger partial charge in [0.15, 0.2) is 0 Å². The van der Waals surface area contributed by atoms with E-state index >= 15 is 0 Å². The Labute approximate surface area is 120 Å². The van der Waals surface area contributed by atoms with Crippen molar-refractivity contribution in [3.8, 4) is 6.07 Å². The van der Waals surface area contributed by atoms with Gasteiger partial charge in [0.25, 0.3) is 5.91 Å². The lowest BCUT2D eigenvalue weighted by Gasteiger charge is -2.29. The summed E-state index contributed by atoms with van der Waals surface area (Å²) in [5.41, 5.74) is 1.05.